The third kappa shape index (κ3) is 1.73. The summed E-state index contributed by atoms with van der Waals surface area (Å²) < 4.78 is 4.88. The Morgan fingerprint density at radius 3 is 2.17 bits per heavy atom. The smallest absolute Gasteiger partial charge is 0.129 e. The molecule has 1 saturated heterocycles. The number of aliphatic hydroxyl groups excluding tert-OH is 4. The van der Waals surface area contributed by atoms with Crippen molar-refractivity contribution in [3.63, 3.8) is 0 Å². The second-order valence-corrected chi connectivity index (χ2v) is 3.23. The highest BCUT2D eigenvalue weighted by Gasteiger charge is 2.41. The average molecular weight is 196 g/mol. The number of hydrogen-bond acceptors (Lipinski definition) is 6. The van der Waals surface area contributed by atoms with Gasteiger partial charge >= 0.3 is 0 Å². The lowest BCUT2D eigenvalue weighted by Crippen LogP contribution is -2.56. The molecule has 1 heterocycles. The molecule has 4 N–H and O–H groups in total. The monoisotopic (exact) mass is 196 g/mol. The minimum Gasteiger partial charge on any atom is -0.394 e. The Labute approximate surface area is 75.0 Å². The van der Waals surface area contributed by atoms with E-state index in [0.29, 0.717) is 0 Å². The normalized spacial score (nSPS) is 49.2. The molecule has 0 aromatic rings. The van der Waals surface area contributed by atoms with Gasteiger partial charge in [0.2, 0.25) is 0 Å². The van der Waals surface area contributed by atoms with Gasteiger partial charge in [-0.05, 0) is 0 Å². The lowest BCUT2D eigenvalue weighted by atomic mass is 10.0. The van der Waals surface area contributed by atoms with Crippen molar-refractivity contribution in [2.75, 3.05) is 6.61 Å². The molecular formula is C6H12O5S. The molecule has 5 nitrogen and oxygen atoms in total. The van der Waals surface area contributed by atoms with Crippen molar-refractivity contribution < 1.29 is 25.2 Å². The Morgan fingerprint density at radius 2 is 1.67 bits per heavy atom. The van der Waals surface area contributed by atoms with E-state index in [1.807, 2.05) is 0 Å². The predicted molar refractivity (Wildman–Crippen MR) is 42.8 cm³/mol. The Morgan fingerprint density at radius 1 is 1.08 bits per heavy atom. The average Bonchev–Trinajstić information content (AvgIpc) is 2.08. The Balaban J connectivity index is 2.63. The van der Waals surface area contributed by atoms with E-state index in [1.54, 1.807) is 0 Å². The second-order valence-electron chi connectivity index (χ2n) is 2.72. The highest BCUT2D eigenvalue weighted by atomic mass is 32.1. The molecule has 1 rings (SSSR count). The van der Waals surface area contributed by atoms with Crippen molar-refractivity contribution in [1.82, 2.24) is 0 Å². The maximum atomic E-state index is 9.20. The first kappa shape index (κ1) is 10.2. The zero-order valence-corrected chi connectivity index (χ0v) is 7.13. The Bertz CT molecular complexity index is 150. The molecule has 72 valence electrons. The van der Waals surface area contributed by atoms with Crippen LogP contribution < -0.4 is 0 Å². The second kappa shape index (κ2) is 3.91. The number of rotatable bonds is 1. The largest absolute Gasteiger partial charge is 0.394 e. The van der Waals surface area contributed by atoms with Crippen molar-refractivity contribution >= 4 is 12.6 Å². The lowest BCUT2D eigenvalue weighted by molar-refractivity contribution is -0.205. The van der Waals surface area contributed by atoms with E-state index >= 15 is 0 Å². The van der Waals surface area contributed by atoms with Crippen LogP contribution in [0.15, 0.2) is 0 Å². The standard InChI is InChI=1S/C6H12O5S/c7-1-2-3(8)4(9)5(10)6(12)11-2/h2-10,12H,1H2/t2?,3-,4-,5+,6+/m1/s1. The molecule has 5 atom stereocenters. The van der Waals surface area contributed by atoms with E-state index in [4.69, 9.17) is 14.9 Å². The first-order valence-corrected chi connectivity index (χ1v) is 4.08. The van der Waals surface area contributed by atoms with Crippen LogP contribution >= 0.6 is 12.6 Å². The van der Waals surface area contributed by atoms with Gasteiger partial charge in [0.25, 0.3) is 0 Å². The van der Waals surface area contributed by atoms with Crippen LogP contribution in [-0.2, 0) is 4.74 Å². The van der Waals surface area contributed by atoms with Crippen LogP contribution in [0.1, 0.15) is 0 Å². The molecule has 0 aromatic heterocycles. The minimum atomic E-state index is -1.32. The van der Waals surface area contributed by atoms with Gasteiger partial charge in [-0.3, -0.25) is 0 Å². The quantitative estimate of drug-likeness (QED) is 0.305. The van der Waals surface area contributed by atoms with E-state index in [1.165, 1.54) is 0 Å². The summed E-state index contributed by atoms with van der Waals surface area (Å²) in [5, 5.41) is 36.2. The zero-order chi connectivity index (χ0) is 9.30. The van der Waals surface area contributed by atoms with Crippen LogP contribution in [0.5, 0.6) is 0 Å². The van der Waals surface area contributed by atoms with Crippen LogP contribution in [0.3, 0.4) is 0 Å². The molecule has 0 saturated carbocycles. The number of aliphatic hydroxyl groups is 4. The highest BCUT2D eigenvalue weighted by molar-refractivity contribution is 7.80. The van der Waals surface area contributed by atoms with E-state index in [9.17, 15) is 10.2 Å². The van der Waals surface area contributed by atoms with Gasteiger partial charge in [0.1, 0.15) is 29.9 Å². The molecule has 0 bridgehead atoms. The minimum absolute atomic E-state index is 0.415. The molecule has 0 spiro atoms. The summed E-state index contributed by atoms with van der Waals surface area (Å²) in [6.07, 6.45) is -4.70. The summed E-state index contributed by atoms with van der Waals surface area (Å²) in [5.74, 6) is 0. The molecule has 1 unspecified atom stereocenters. The van der Waals surface area contributed by atoms with Crippen molar-refractivity contribution in [3.05, 3.63) is 0 Å². The summed E-state index contributed by atoms with van der Waals surface area (Å²) >= 11 is 3.81. The topological polar surface area (TPSA) is 90.2 Å². The fourth-order valence-electron chi connectivity index (χ4n) is 1.08. The molecule has 1 aliphatic heterocycles. The van der Waals surface area contributed by atoms with Crippen LogP contribution in [0.25, 0.3) is 0 Å². The van der Waals surface area contributed by atoms with Crippen LogP contribution in [-0.4, -0.2) is 56.9 Å². The van der Waals surface area contributed by atoms with E-state index in [2.05, 4.69) is 12.6 Å². The number of thiol groups is 1. The SMILES string of the molecule is OCC1O[C@@H](S)[C@@H](O)[C@H](O)[C@@H]1O. The van der Waals surface area contributed by atoms with Gasteiger partial charge in [0.05, 0.1) is 6.61 Å². The van der Waals surface area contributed by atoms with Crippen LogP contribution in [0.2, 0.25) is 0 Å². The van der Waals surface area contributed by atoms with E-state index < -0.39 is 36.5 Å². The van der Waals surface area contributed by atoms with Gasteiger partial charge in [-0.2, -0.15) is 0 Å². The van der Waals surface area contributed by atoms with Crippen molar-refractivity contribution in [1.29, 1.82) is 0 Å². The zero-order valence-electron chi connectivity index (χ0n) is 6.24. The summed E-state index contributed by atoms with van der Waals surface area (Å²) in [5.41, 5.74) is -0.874. The van der Waals surface area contributed by atoms with Gasteiger partial charge in [-0.25, -0.2) is 0 Å². The van der Waals surface area contributed by atoms with Gasteiger partial charge in [-0.1, -0.05) is 0 Å². The van der Waals surface area contributed by atoms with Crippen molar-refractivity contribution in [2.45, 2.75) is 29.9 Å². The maximum Gasteiger partial charge on any atom is 0.129 e. The van der Waals surface area contributed by atoms with Gasteiger partial charge < -0.3 is 25.2 Å². The molecule has 1 aliphatic rings. The fraction of sp³-hybridized carbons (Fsp3) is 1.00. The molecule has 0 radical (unpaired) electrons. The fourth-order valence-corrected chi connectivity index (χ4v) is 1.41. The predicted octanol–water partition coefficient (Wildman–Crippen LogP) is -2.28. The number of ether oxygens (including phenoxy) is 1. The van der Waals surface area contributed by atoms with Gasteiger partial charge in [-0.15, -0.1) is 12.6 Å². The Hall–Kier alpha value is 0.150. The molecule has 12 heavy (non-hydrogen) atoms. The summed E-state index contributed by atoms with van der Waals surface area (Å²) in [4.78, 5) is 0. The Kier molecular flexibility index (Phi) is 3.33. The molecule has 6 heteroatoms. The van der Waals surface area contributed by atoms with Crippen LogP contribution in [0.4, 0.5) is 0 Å². The molecule has 0 aromatic carbocycles. The third-order valence-electron chi connectivity index (χ3n) is 1.87. The lowest BCUT2D eigenvalue weighted by Gasteiger charge is -2.37. The highest BCUT2D eigenvalue weighted by Crippen LogP contribution is 2.22. The molecular weight excluding hydrogens is 184 g/mol. The summed E-state index contributed by atoms with van der Waals surface area (Å²) in [7, 11) is 0. The number of hydrogen-bond donors (Lipinski definition) is 5. The molecule has 0 aliphatic carbocycles. The first-order valence-electron chi connectivity index (χ1n) is 3.56. The van der Waals surface area contributed by atoms with Crippen LogP contribution in [0, 0.1) is 0 Å². The van der Waals surface area contributed by atoms with Gasteiger partial charge in [0, 0.05) is 0 Å². The first-order chi connectivity index (χ1) is 5.57. The van der Waals surface area contributed by atoms with E-state index in [-0.39, 0.29) is 0 Å². The maximum absolute atomic E-state index is 9.20. The van der Waals surface area contributed by atoms with Crippen molar-refractivity contribution in [3.8, 4) is 0 Å². The summed E-state index contributed by atoms with van der Waals surface area (Å²) in [6, 6.07) is 0. The molecule has 1 fully saturated rings. The summed E-state index contributed by atoms with van der Waals surface area (Å²) in [6.45, 7) is -0.415. The van der Waals surface area contributed by atoms with E-state index in [0.717, 1.165) is 0 Å². The third-order valence-corrected chi connectivity index (χ3v) is 2.29. The molecule has 0 amide bonds. The van der Waals surface area contributed by atoms with Crippen molar-refractivity contribution in [2.24, 2.45) is 0 Å². The van der Waals surface area contributed by atoms with Gasteiger partial charge in [0.15, 0.2) is 0 Å².